The molecule has 0 saturated carbocycles. The summed E-state index contributed by atoms with van der Waals surface area (Å²) in [4.78, 5) is 2.50. The molecule has 2 heterocycles. The quantitative estimate of drug-likeness (QED) is 0.176. The zero-order valence-electron chi connectivity index (χ0n) is 47.1. The van der Waals surface area contributed by atoms with Crippen LogP contribution in [0.25, 0.3) is 99.5 Å². The molecule has 0 fully saturated rings. The molecule has 79 heavy (non-hydrogen) atoms. The summed E-state index contributed by atoms with van der Waals surface area (Å²) in [6, 6.07) is 68.7. The minimum Gasteiger partial charge on any atom is -0.455 e. The fraction of sp³-hybridized carbons (Fsp3) is 0.211. The van der Waals surface area contributed by atoms with Crippen molar-refractivity contribution in [2.45, 2.75) is 103 Å². The van der Waals surface area contributed by atoms with Crippen molar-refractivity contribution in [3.8, 4) is 55.6 Å². The van der Waals surface area contributed by atoms with Gasteiger partial charge >= 0.3 is 0 Å². The molecule has 16 rings (SSSR count). The molecule has 384 valence electrons. The van der Waals surface area contributed by atoms with Crippen LogP contribution in [0.3, 0.4) is 0 Å². The van der Waals surface area contributed by atoms with E-state index in [0.29, 0.717) is 0 Å². The van der Waals surface area contributed by atoms with Gasteiger partial charge in [0.25, 0.3) is 0 Å². The summed E-state index contributed by atoms with van der Waals surface area (Å²) in [5.41, 5.74) is 31.0. The van der Waals surface area contributed by atoms with E-state index in [1.54, 1.807) is 0 Å². The zero-order chi connectivity index (χ0) is 54.0. The minimum atomic E-state index is -0.352. The molecule has 2 aromatic heterocycles. The lowest BCUT2D eigenvalue weighted by molar-refractivity contribution is 0.590. The Bertz CT molecular complexity index is 4690. The molecular weight excluding hydrogens is 959 g/mol. The first kappa shape index (κ1) is 46.7. The van der Waals surface area contributed by atoms with Crippen molar-refractivity contribution in [1.82, 2.24) is 0 Å². The summed E-state index contributed by atoms with van der Waals surface area (Å²) in [5.74, 6) is 0. The van der Waals surface area contributed by atoms with E-state index in [0.717, 1.165) is 50.3 Å². The molecule has 0 aliphatic heterocycles. The van der Waals surface area contributed by atoms with Crippen LogP contribution in [0.5, 0.6) is 0 Å². The highest BCUT2D eigenvalue weighted by atomic mass is 16.3. The maximum atomic E-state index is 7.10. The molecule has 0 saturated heterocycles. The van der Waals surface area contributed by atoms with Crippen LogP contribution in [0.1, 0.15) is 126 Å². The molecule has 0 amide bonds. The van der Waals surface area contributed by atoms with Crippen molar-refractivity contribution in [1.29, 1.82) is 0 Å². The van der Waals surface area contributed by atoms with Crippen molar-refractivity contribution in [3.05, 3.63) is 232 Å². The zero-order valence-corrected chi connectivity index (χ0v) is 47.1. The molecule has 0 radical (unpaired) electrons. The Balaban J connectivity index is 0.890. The summed E-state index contributed by atoms with van der Waals surface area (Å²) in [6.07, 6.45) is 0. The second-order valence-electron chi connectivity index (χ2n) is 26.4. The summed E-state index contributed by atoms with van der Waals surface area (Å²) < 4.78 is 14.1. The standard InChI is InChI=1S/C76H63NO2/c1-72(2,3)43-29-31-44(32-30-43)77(46-34-37-51-59(40-46)76(10,11)69-67(51)71-66(53-23-15-19-27-62(53)79-71)64-49-21-13-17-25-56(49)75(8,9)68(64)69)45-33-36-50-58(39-45)74(6,7)60-41-54(70-65(63(50)60)52-22-14-18-26-61(52)78-70)42-28-35-48-47-20-12-16-24-55(47)73(4,5)57(48)38-42/h12-41H,1-11H3. The summed E-state index contributed by atoms with van der Waals surface area (Å²) >= 11 is 0. The Morgan fingerprint density at radius 1 is 0.342 bits per heavy atom. The largest absolute Gasteiger partial charge is 0.455 e. The van der Waals surface area contributed by atoms with E-state index in [9.17, 15) is 0 Å². The maximum absolute atomic E-state index is 7.10. The summed E-state index contributed by atoms with van der Waals surface area (Å²) in [6.45, 7) is 26.2. The highest BCUT2D eigenvalue weighted by Gasteiger charge is 2.49. The van der Waals surface area contributed by atoms with Gasteiger partial charge in [-0.2, -0.15) is 0 Å². The fourth-order valence-electron chi connectivity index (χ4n) is 15.5. The molecule has 12 aromatic rings. The molecule has 10 aromatic carbocycles. The van der Waals surface area contributed by atoms with Crippen molar-refractivity contribution in [2.24, 2.45) is 0 Å². The van der Waals surface area contributed by atoms with Gasteiger partial charge in [-0.15, -0.1) is 0 Å². The van der Waals surface area contributed by atoms with Gasteiger partial charge in [-0.3, -0.25) is 0 Å². The number of hydrogen-bond acceptors (Lipinski definition) is 3. The maximum Gasteiger partial charge on any atom is 0.144 e. The van der Waals surface area contributed by atoms with Gasteiger partial charge in [0.05, 0.1) is 0 Å². The predicted octanol–water partition coefficient (Wildman–Crippen LogP) is 21.1. The van der Waals surface area contributed by atoms with Crippen LogP contribution < -0.4 is 4.90 Å². The van der Waals surface area contributed by atoms with Crippen molar-refractivity contribution in [2.75, 3.05) is 4.90 Å². The van der Waals surface area contributed by atoms with E-state index >= 15 is 0 Å². The number of anilines is 3. The third-order valence-electron chi connectivity index (χ3n) is 19.6. The lowest BCUT2D eigenvalue weighted by atomic mass is 9.72. The van der Waals surface area contributed by atoms with Crippen molar-refractivity contribution < 1.29 is 8.83 Å². The highest BCUT2D eigenvalue weighted by Crippen LogP contribution is 2.64. The first-order chi connectivity index (χ1) is 37.8. The van der Waals surface area contributed by atoms with E-state index in [4.69, 9.17) is 8.83 Å². The van der Waals surface area contributed by atoms with Crippen LogP contribution in [0, 0.1) is 0 Å². The second kappa shape index (κ2) is 15.2. The third kappa shape index (κ3) is 5.98. The van der Waals surface area contributed by atoms with E-state index in [1.807, 2.05) is 0 Å². The van der Waals surface area contributed by atoms with E-state index < -0.39 is 0 Å². The van der Waals surface area contributed by atoms with E-state index in [2.05, 4.69) is 263 Å². The van der Waals surface area contributed by atoms with Gasteiger partial charge in [-0.25, -0.2) is 0 Å². The van der Waals surface area contributed by atoms with E-state index in [1.165, 1.54) is 116 Å². The predicted molar refractivity (Wildman–Crippen MR) is 330 cm³/mol. The lowest BCUT2D eigenvalue weighted by Crippen LogP contribution is -2.24. The number of para-hydroxylation sites is 2. The first-order valence-electron chi connectivity index (χ1n) is 28.4. The molecular formula is C76H63NO2. The van der Waals surface area contributed by atoms with Gasteiger partial charge in [0, 0.05) is 71.4 Å². The van der Waals surface area contributed by atoms with Gasteiger partial charge in [-0.1, -0.05) is 197 Å². The second-order valence-corrected chi connectivity index (χ2v) is 26.4. The number of nitrogens with zero attached hydrogens (tertiary/aromatic N) is 1. The average molecular weight is 1020 g/mol. The smallest absolute Gasteiger partial charge is 0.144 e. The van der Waals surface area contributed by atoms with Gasteiger partial charge in [-0.05, 0) is 161 Å². The van der Waals surface area contributed by atoms with Crippen LogP contribution >= 0.6 is 0 Å². The third-order valence-corrected chi connectivity index (χ3v) is 19.6. The highest BCUT2D eigenvalue weighted by molar-refractivity contribution is 6.21. The minimum absolute atomic E-state index is 0.00816. The Labute approximate surface area is 463 Å². The number of rotatable bonds is 4. The molecule has 0 bridgehead atoms. The van der Waals surface area contributed by atoms with Crippen LogP contribution in [0.15, 0.2) is 191 Å². The number of benzene rings is 10. The van der Waals surface area contributed by atoms with Gasteiger partial charge in [0.2, 0.25) is 0 Å². The molecule has 3 heteroatoms. The Kier molecular flexibility index (Phi) is 9.00. The molecule has 0 spiro atoms. The Morgan fingerprint density at radius 3 is 1.46 bits per heavy atom. The molecule has 0 atom stereocenters. The fourth-order valence-corrected chi connectivity index (χ4v) is 15.5. The lowest BCUT2D eigenvalue weighted by Gasteiger charge is -2.32. The number of fused-ring (bicyclic) bond motifs is 22. The van der Waals surface area contributed by atoms with Crippen molar-refractivity contribution >= 4 is 60.9 Å². The van der Waals surface area contributed by atoms with Crippen LogP contribution in [0.2, 0.25) is 0 Å². The topological polar surface area (TPSA) is 29.5 Å². The Hall–Kier alpha value is -8.40. The van der Waals surface area contributed by atoms with Crippen LogP contribution in [-0.4, -0.2) is 0 Å². The van der Waals surface area contributed by atoms with Gasteiger partial charge in [0.1, 0.15) is 22.3 Å². The van der Waals surface area contributed by atoms with Crippen LogP contribution in [0.4, 0.5) is 17.1 Å². The monoisotopic (exact) mass is 1020 g/mol. The van der Waals surface area contributed by atoms with E-state index in [-0.39, 0.29) is 27.1 Å². The number of furan rings is 2. The summed E-state index contributed by atoms with van der Waals surface area (Å²) in [7, 11) is 0. The molecule has 4 aliphatic rings. The van der Waals surface area contributed by atoms with Gasteiger partial charge in [0.15, 0.2) is 0 Å². The average Bonchev–Trinajstić information content (AvgIpc) is 1.90. The molecule has 0 unspecified atom stereocenters. The van der Waals surface area contributed by atoms with Crippen molar-refractivity contribution in [3.63, 3.8) is 0 Å². The SMILES string of the molecule is CC(C)(C)c1ccc(N(c2ccc3c(c2)C(C)(C)c2cc(-c4ccc5c(c4)C(C)(C)c4ccccc4-5)c4oc5ccccc5c4c2-3)c2ccc3c(c2)C(C)(C)c2c4c(c5c(oc6ccccc65)c2-3)-c2ccccc2C4(C)C)cc1. The summed E-state index contributed by atoms with van der Waals surface area (Å²) in [5, 5.41) is 4.75. The normalized spacial score (nSPS) is 16.2. The number of hydrogen-bond donors (Lipinski definition) is 0. The Morgan fingerprint density at radius 2 is 0.797 bits per heavy atom. The first-order valence-corrected chi connectivity index (χ1v) is 28.4. The molecule has 3 nitrogen and oxygen atoms in total. The van der Waals surface area contributed by atoms with Crippen LogP contribution in [-0.2, 0) is 27.1 Å². The molecule has 4 aliphatic carbocycles. The van der Waals surface area contributed by atoms with Gasteiger partial charge < -0.3 is 13.7 Å². The molecule has 0 N–H and O–H groups in total.